The second-order valence-electron chi connectivity index (χ2n) is 6.09. The molecular weight excluding hydrogens is 280 g/mol. The van der Waals surface area contributed by atoms with Crippen molar-refractivity contribution in [2.45, 2.75) is 104 Å². The van der Waals surface area contributed by atoms with Crippen molar-refractivity contribution in [3.05, 3.63) is 0 Å². The summed E-state index contributed by atoms with van der Waals surface area (Å²) in [6.45, 7) is 8.11. The van der Waals surface area contributed by atoms with Crippen molar-refractivity contribution in [2.75, 3.05) is 0 Å². The Balaban J connectivity index is 3.62. The molecule has 0 saturated heterocycles. The fourth-order valence-electron chi connectivity index (χ4n) is 2.21. The van der Waals surface area contributed by atoms with Gasteiger partial charge in [-0.1, -0.05) is 39.5 Å². The van der Waals surface area contributed by atoms with E-state index in [0.29, 0.717) is 25.7 Å². The van der Waals surface area contributed by atoms with Crippen LogP contribution in [-0.2, 0) is 19.1 Å². The number of carbonyl (C=O) groups is 2. The molecule has 2 atom stereocenters. The van der Waals surface area contributed by atoms with Gasteiger partial charge >= 0.3 is 11.9 Å². The van der Waals surface area contributed by atoms with Gasteiger partial charge in [-0.3, -0.25) is 9.59 Å². The zero-order valence-corrected chi connectivity index (χ0v) is 14.9. The summed E-state index contributed by atoms with van der Waals surface area (Å²) in [5, 5.41) is 0. The van der Waals surface area contributed by atoms with Gasteiger partial charge in [0.15, 0.2) is 0 Å². The van der Waals surface area contributed by atoms with Crippen molar-refractivity contribution in [3.8, 4) is 0 Å². The molecule has 2 unspecified atom stereocenters. The zero-order valence-electron chi connectivity index (χ0n) is 14.9. The maximum absolute atomic E-state index is 11.6. The first-order valence-electron chi connectivity index (χ1n) is 8.88. The van der Waals surface area contributed by atoms with E-state index in [2.05, 4.69) is 13.8 Å². The molecule has 0 aromatic carbocycles. The van der Waals surface area contributed by atoms with Crippen LogP contribution in [0.2, 0.25) is 0 Å². The van der Waals surface area contributed by atoms with Crippen molar-refractivity contribution >= 4 is 11.9 Å². The fourth-order valence-corrected chi connectivity index (χ4v) is 2.21. The first-order chi connectivity index (χ1) is 10.5. The molecule has 0 amide bonds. The Morgan fingerprint density at radius 2 is 1.09 bits per heavy atom. The molecule has 0 aliphatic carbocycles. The molecule has 0 aromatic heterocycles. The highest BCUT2D eigenvalue weighted by Crippen LogP contribution is 2.10. The van der Waals surface area contributed by atoms with Crippen LogP contribution < -0.4 is 0 Å². The summed E-state index contributed by atoms with van der Waals surface area (Å²) in [5.74, 6) is -0.318. The lowest BCUT2D eigenvalue weighted by atomic mass is 10.1. The van der Waals surface area contributed by atoms with E-state index >= 15 is 0 Å². The van der Waals surface area contributed by atoms with Crippen LogP contribution in [0.25, 0.3) is 0 Å². The molecule has 0 radical (unpaired) electrons. The molecule has 0 fully saturated rings. The standard InChI is InChI=1S/C18H34O4/c1-5-7-11-15(3)21-17(19)13-9-10-14-18(20)22-16(4)12-8-6-2/h15-16H,5-14H2,1-4H3. The van der Waals surface area contributed by atoms with Crippen LogP contribution in [-0.4, -0.2) is 24.1 Å². The molecule has 0 bridgehead atoms. The molecule has 0 N–H and O–H groups in total. The van der Waals surface area contributed by atoms with E-state index in [1.54, 1.807) is 0 Å². The second kappa shape index (κ2) is 13.6. The van der Waals surface area contributed by atoms with E-state index in [1.165, 1.54) is 0 Å². The van der Waals surface area contributed by atoms with Crippen LogP contribution in [0.3, 0.4) is 0 Å². The molecule has 0 aliphatic rings. The number of esters is 2. The van der Waals surface area contributed by atoms with Gasteiger partial charge in [0.2, 0.25) is 0 Å². The molecule has 0 saturated carbocycles. The molecule has 0 heterocycles. The fraction of sp³-hybridized carbons (Fsp3) is 0.889. The Kier molecular flexibility index (Phi) is 12.9. The molecular formula is C18H34O4. The normalized spacial score (nSPS) is 13.5. The van der Waals surface area contributed by atoms with Gasteiger partial charge in [0.1, 0.15) is 0 Å². The molecule has 130 valence electrons. The highest BCUT2D eigenvalue weighted by atomic mass is 16.5. The molecule has 0 aromatic rings. The quantitative estimate of drug-likeness (QED) is 0.362. The number of carbonyl (C=O) groups excluding carboxylic acids is 2. The van der Waals surface area contributed by atoms with E-state index in [4.69, 9.17) is 9.47 Å². The highest BCUT2D eigenvalue weighted by molar-refractivity contribution is 5.70. The van der Waals surface area contributed by atoms with Crippen molar-refractivity contribution in [2.24, 2.45) is 0 Å². The minimum Gasteiger partial charge on any atom is -0.463 e. The minimum absolute atomic E-state index is 0.00293. The lowest BCUT2D eigenvalue weighted by Crippen LogP contribution is -2.16. The summed E-state index contributed by atoms with van der Waals surface area (Å²) in [5.41, 5.74) is 0. The summed E-state index contributed by atoms with van der Waals surface area (Å²) in [6.07, 6.45) is 8.34. The molecule has 0 aliphatic heterocycles. The second-order valence-corrected chi connectivity index (χ2v) is 6.09. The van der Waals surface area contributed by atoms with Gasteiger partial charge in [0, 0.05) is 12.8 Å². The Labute approximate surface area is 135 Å². The third-order valence-corrected chi connectivity index (χ3v) is 3.61. The van der Waals surface area contributed by atoms with Gasteiger partial charge in [-0.2, -0.15) is 0 Å². The molecule has 0 rings (SSSR count). The van der Waals surface area contributed by atoms with Crippen molar-refractivity contribution in [3.63, 3.8) is 0 Å². The Morgan fingerprint density at radius 1 is 0.727 bits per heavy atom. The number of rotatable bonds is 13. The van der Waals surface area contributed by atoms with Gasteiger partial charge in [0.25, 0.3) is 0 Å². The van der Waals surface area contributed by atoms with Gasteiger partial charge in [-0.05, 0) is 39.5 Å². The van der Waals surface area contributed by atoms with Crippen LogP contribution in [0, 0.1) is 0 Å². The van der Waals surface area contributed by atoms with Crippen molar-refractivity contribution in [1.29, 1.82) is 0 Å². The van der Waals surface area contributed by atoms with E-state index in [1.807, 2.05) is 13.8 Å². The minimum atomic E-state index is -0.159. The van der Waals surface area contributed by atoms with Crippen LogP contribution >= 0.6 is 0 Å². The highest BCUT2D eigenvalue weighted by Gasteiger charge is 2.11. The average molecular weight is 314 g/mol. The van der Waals surface area contributed by atoms with Crippen LogP contribution in [0.15, 0.2) is 0 Å². The number of unbranched alkanes of at least 4 members (excludes halogenated alkanes) is 3. The molecule has 4 heteroatoms. The Hall–Kier alpha value is -1.06. The maximum atomic E-state index is 11.6. The third kappa shape index (κ3) is 12.7. The van der Waals surface area contributed by atoms with Crippen molar-refractivity contribution < 1.29 is 19.1 Å². The Bertz CT molecular complexity index is 271. The van der Waals surface area contributed by atoms with Gasteiger partial charge in [-0.25, -0.2) is 0 Å². The van der Waals surface area contributed by atoms with Gasteiger partial charge in [0.05, 0.1) is 12.2 Å². The molecule has 0 spiro atoms. The van der Waals surface area contributed by atoms with E-state index in [0.717, 1.165) is 38.5 Å². The van der Waals surface area contributed by atoms with Crippen LogP contribution in [0.4, 0.5) is 0 Å². The number of hydrogen-bond acceptors (Lipinski definition) is 4. The summed E-state index contributed by atoms with van der Waals surface area (Å²) in [6, 6.07) is 0. The first kappa shape index (κ1) is 20.9. The molecule has 22 heavy (non-hydrogen) atoms. The van der Waals surface area contributed by atoms with Crippen LogP contribution in [0.5, 0.6) is 0 Å². The topological polar surface area (TPSA) is 52.6 Å². The van der Waals surface area contributed by atoms with E-state index in [9.17, 15) is 9.59 Å². The molecule has 4 nitrogen and oxygen atoms in total. The zero-order chi connectivity index (χ0) is 16.8. The largest absolute Gasteiger partial charge is 0.463 e. The predicted molar refractivity (Wildman–Crippen MR) is 88.6 cm³/mol. The number of ether oxygens (including phenoxy) is 2. The first-order valence-corrected chi connectivity index (χ1v) is 8.88. The smallest absolute Gasteiger partial charge is 0.306 e. The summed E-state index contributed by atoms with van der Waals surface area (Å²) >= 11 is 0. The Morgan fingerprint density at radius 3 is 1.41 bits per heavy atom. The monoisotopic (exact) mass is 314 g/mol. The summed E-state index contributed by atoms with van der Waals surface area (Å²) < 4.78 is 10.6. The van der Waals surface area contributed by atoms with E-state index < -0.39 is 0 Å². The average Bonchev–Trinajstić information content (AvgIpc) is 2.47. The maximum Gasteiger partial charge on any atom is 0.306 e. The summed E-state index contributed by atoms with van der Waals surface area (Å²) in [7, 11) is 0. The van der Waals surface area contributed by atoms with Crippen LogP contribution in [0.1, 0.15) is 91.9 Å². The van der Waals surface area contributed by atoms with E-state index in [-0.39, 0.29) is 24.1 Å². The SMILES string of the molecule is CCCCC(C)OC(=O)CCCCC(=O)OC(C)CCCC. The number of hydrogen-bond donors (Lipinski definition) is 0. The van der Waals surface area contributed by atoms with Gasteiger partial charge in [-0.15, -0.1) is 0 Å². The lowest BCUT2D eigenvalue weighted by molar-refractivity contribution is -0.151. The third-order valence-electron chi connectivity index (χ3n) is 3.61. The lowest BCUT2D eigenvalue weighted by Gasteiger charge is -2.13. The summed E-state index contributed by atoms with van der Waals surface area (Å²) in [4.78, 5) is 23.2. The van der Waals surface area contributed by atoms with Gasteiger partial charge < -0.3 is 9.47 Å². The predicted octanol–water partition coefficient (Wildman–Crippen LogP) is 4.79. The van der Waals surface area contributed by atoms with Crippen molar-refractivity contribution in [1.82, 2.24) is 0 Å².